The molecule has 0 radical (unpaired) electrons. The van der Waals surface area contributed by atoms with Crippen LogP contribution in [-0.2, 0) is 0 Å². The Labute approximate surface area is 108 Å². The van der Waals surface area contributed by atoms with Crippen molar-refractivity contribution in [3.8, 4) is 0 Å². The molecular weight excluding hydrogens is 260 g/mol. The van der Waals surface area contributed by atoms with Gasteiger partial charge in [0.2, 0.25) is 0 Å². The normalized spacial score (nSPS) is 21.0. The number of halogens is 1. The molecule has 0 amide bonds. The summed E-state index contributed by atoms with van der Waals surface area (Å²) in [6.07, 6.45) is 5.50. The third kappa shape index (κ3) is 2.20. The number of benzene rings is 1. The van der Waals surface area contributed by atoms with E-state index >= 15 is 0 Å². The Hall–Kier alpha value is -0.300. The van der Waals surface area contributed by atoms with Crippen molar-refractivity contribution < 1.29 is 0 Å². The molecule has 1 aromatic rings. The fourth-order valence-electron chi connectivity index (χ4n) is 2.84. The summed E-state index contributed by atoms with van der Waals surface area (Å²) >= 11 is 3.95. The van der Waals surface area contributed by atoms with E-state index in [4.69, 9.17) is 0 Å². The van der Waals surface area contributed by atoms with Gasteiger partial charge in [-0.1, -0.05) is 59.5 Å². The summed E-state index contributed by atoms with van der Waals surface area (Å²) in [6, 6.07) is 6.80. The minimum Gasteiger partial charge on any atom is -0.0833 e. The van der Waals surface area contributed by atoms with Gasteiger partial charge in [0.05, 0.1) is 0 Å². The predicted octanol–water partition coefficient (Wildman–Crippen LogP) is 5.32. The summed E-state index contributed by atoms with van der Waals surface area (Å²) < 4.78 is 0. The monoisotopic (exact) mass is 280 g/mol. The van der Waals surface area contributed by atoms with Crippen LogP contribution >= 0.6 is 15.9 Å². The SMILES string of the molecule is Cc1ccc(C)c(C(Br)C2(C)CCCC2)c1. The van der Waals surface area contributed by atoms with Gasteiger partial charge in [0, 0.05) is 4.83 Å². The zero-order valence-corrected chi connectivity index (χ0v) is 12.1. The second-order valence-electron chi connectivity index (χ2n) is 5.58. The minimum atomic E-state index is 0.457. The fourth-order valence-corrected chi connectivity index (χ4v) is 3.80. The third-order valence-electron chi connectivity index (χ3n) is 4.07. The molecule has 0 aromatic heterocycles. The topological polar surface area (TPSA) is 0 Å². The van der Waals surface area contributed by atoms with Gasteiger partial charge in [-0.25, -0.2) is 0 Å². The molecule has 0 spiro atoms. The third-order valence-corrected chi connectivity index (χ3v) is 5.66. The lowest BCUT2D eigenvalue weighted by atomic mass is 9.80. The van der Waals surface area contributed by atoms with Crippen LogP contribution in [0.2, 0.25) is 0 Å². The second kappa shape index (κ2) is 4.52. The van der Waals surface area contributed by atoms with Gasteiger partial charge in [0.15, 0.2) is 0 Å². The van der Waals surface area contributed by atoms with Gasteiger partial charge in [-0.05, 0) is 43.2 Å². The van der Waals surface area contributed by atoms with Gasteiger partial charge in [0.1, 0.15) is 0 Å². The van der Waals surface area contributed by atoms with Crippen LogP contribution in [0.25, 0.3) is 0 Å². The maximum absolute atomic E-state index is 3.95. The van der Waals surface area contributed by atoms with Crippen molar-refractivity contribution in [1.82, 2.24) is 0 Å². The van der Waals surface area contributed by atoms with Gasteiger partial charge < -0.3 is 0 Å². The van der Waals surface area contributed by atoms with E-state index < -0.39 is 0 Å². The number of hydrogen-bond donors (Lipinski definition) is 0. The van der Waals surface area contributed by atoms with E-state index in [2.05, 4.69) is 54.9 Å². The van der Waals surface area contributed by atoms with E-state index in [9.17, 15) is 0 Å². The van der Waals surface area contributed by atoms with Crippen molar-refractivity contribution in [2.75, 3.05) is 0 Å². The van der Waals surface area contributed by atoms with Crippen molar-refractivity contribution in [3.63, 3.8) is 0 Å². The van der Waals surface area contributed by atoms with Crippen LogP contribution in [-0.4, -0.2) is 0 Å². The Bertz CT molecular complexity index is 375. The summed E-state index contributed by atoms with van der Waals surface area (Å²) in [7, 11) is 0. The van der Waals surface area contributed by atoms with Crippen molar-refractivity contribution in [2.24, 2.45) is 5.41 Å². The van der Waals surface area contributed by atoms with Gasteiger partial charge in [0.25, 0.3) is 0 Å². The molecule has 0 nitrogen and oxygen atoms in total. The maximum atomic E-state index is 3.95. The summed E-state index contributed by atoms with van der Waals surface area (Å²) in [5, 5.41) is 0. The quantitative estimate of drug-likeness (QED) is 0.643. The largest absolute Gasteiger partial charge is 0.0833 e. The van der Waals surface area contributed by atoms with E-state index in [0.717, 1.165) is 0 Å². The van der Waals surface area contributed by atoms with Gasteiger partial charge >= 0.3 is 0 Å². The zero-order chi connectivity index (χ0) is 11.8. The average Bonchev–Trinajstić information content (AvgIpc) is 2.69. The Kier molecular flexibility index (Phi) is 3.44. The number of aryl methyl sites for hydroxylation is 2. The standard InChI is InChI=1S/C15H21Br/c1-11-6-7-12(2)13(10-11)14(16)15(3)8-4-5-9-15/h6-7,10,14H,4-5,8-9H2,1-3H3. The Morgan fingerprint density at radius 1 is 1.19 bits per heavy atom. The Morgan fingerprint density at radius 3 is 2.44 bits per heavy atom. The molecule has 0 saturated heterocycles. The molecule has 88 valence electrons. The number of rotatable bonds is 2. The van der Waals surface area contributed by atoms with Crippen molar-refractivity contribution in [3.05, 3.63) is 34.9 Å². The van der Waals surface area contributed by atoms with E-state index in [0.29, 0.717) is 10.2 Å². The van der Waals surface area contributed by atoms with Crippen LogP contribution in [0.1, 0.15) is 54.1 Å². The summed E-state index contributed by atoms with van der Waals surface area (Å²) in [5.41, 5.74) is 4.73. The fraction of sp³-hybridized carbons (Fsp3) is 0.600. The van der Waals surface area contributed by atoms with Crippen LogP contribution in [0.15, 0.2) is 18.2 Å². The highest BCUT2D eigenvalue weighted by molar-refractivity contribution is 9.09. The molecule has 1 aliphatic carbocycles. The molecule has 0 aliphatic heterocycles. The lowest BCUT2D eigenvalue weighted by Crippen LogP contribution is -2.18. The molecule has 1 saturated carbocycles. The first-order valence-electron chi connectivity index (χ1n) is 6.24. The zero-order valence-electron chi connectivity index (χ0n) is 10.5. The van der Waals surface area contributed by atoms with Crippen molar-refractivity contribution in [2.45, 2.75) is 51.3 Å². The van der Waals surface area contributed by atoms with E-state index in [1.54, 1.807) is 0 Å². The molecule has 2 rings (SSSR count). The first-order valence-corrected chi connectivity index (χ1v) is 7.16. The maximum Gasteiger partial charge on any atom is 0.0451 e. The summed E-state index contributed by atoms with van der Waals surface area (Å²) in [6.45, 7) is 6.84. The van der Waals surface area contributed by atoms with Crippen molar-refractivity contribution >= 4 is 15.9 Å². The molecule has 0 N–H and O–H groups in total. The molecule has 1 fully saturated rings. The molecule has 1 aliphatic rings. The highest BCUT2D eigenvalue weighted by atomic mass is 79.9. The first-order chi connectivity index (χ1) is 7.53. The van der Waals surface area contributed by atoms with Crippen LogP contribution in [0, 0.1) is 19.3 Å². The summed E-state index contributed by atoms with van der Waals surface area (Å²) in [5.74, 6) is 0. The molecule has 0 bridgehead atoms. The van der Waals surface area contributed by atoms with Gasteiger partial charge in [-0.3, -0.25) is 0 Å². The van der Waals surface area contributed by atoms with Gasteiger partial charge in [-0.2, -0.15) is 0 Å². The molecule has 1 aromatic carbocycles. The molecule has 16 heavy (non-hydrogen) atoms. The molecule has 1 atom stereocenters. The molecule has 0 heterocycles. The Balaban J connectivity index is 2.32. The first kappa shape index (κ1) is 12.2. The highest BCUT2D eigenvalue weighted by Gasteiger charge is 2.36. The molecule has 1 heteroatoms. The predicted molar refractivity (Wildman–Crippen MR) is 74.2 cm³/mol. The number of alkyl halides is 1. The molecule has 1 unspecified atom stereocenters. The van der Waals surface area contributed by atoms with Crippen LogP contribution in [0.4, 0.5) is 0 Å². The smallest absolute Gasteiger partial charge is 0.0451 e. The lowest BCUT2D eigenvalue weighted by Gasteiger charge is -2.31. The minimum absolute atomic E-state index is 0.457. The lowest BCUT2D eigenvalue weighted by molar-refractivity contribution is 0.331. The average molecular weight is 281 g/mol. The number of hydrogen-bond acceptors (Lipinski definition) is 0. The summed E-state index contributed by atoms with van der Waals surface area (Å²) in [4.78, 5) is 0.516. The second-order valence-corrected chi connectivity index (χ2v) is 6.50. The van der Waals surface area contributed by atoms with Crippen LogP contribution in [0.3, 0.4) is 0 Å². The highest BCUT2D eigenvalue weighted by Crippen LogP contribution is 2.52. The van der Waals surface area contributed by atoms with E-state index in [-0.39, 0.29) is 0 Å². The van der Waals surface area contributed by atoms with Crippen molar-refractivity contribution in [1.29, 1.82) is 0 Å². The molecular formula is C15H21Br. The van der Waals surface area contributed by atoms with Gasteiger partial charge in [-0.15, -0.1) is 0 Å². The van der Waals surface area contributed by atoms with E-state index in [1.165, 1.54) is 42.4 Å². The Morgan fingerprint density at radius 2 is 1.81 bits per heavy atom. The van der Waals surface area contributed by atoms with E-state index in [1.807, 2.05) is 0 Å². The van der Waals surface area contributed by atoms with Crippen LogP contribution in [0.5, 0.6) is 0 Å². The van der Waals surface area contributed by atoms with Crippen LogP contribution < -0.4 is 0 Å².